The van der Waals surface area contributed by atoms with Crippen molar-refractivity contribution >= 4 is 34.5 Å². The van der Waals surface area contributed by atoms with Crippen LogP contribution in [-0.2, 0) is 11.2 Å². The number of amides is 1. The monoisotopic (exact) mass is 360 g/mol. The molecule has 126 valence electrons. The van der Waals surface area contributed by atoms with Crippen molar-refractivity contribution in [3.05, 3.63) is 50.7 Å². The van der Waals surface area contributed by atoms with Crippen LogP contribution in [0.5, 0.6) is 0 Å². The quantitative estimate of drug-likeness (QED) is 0.860. The second-order valence-electron chi connectivity index (χ2n) is 6.83. The molecule has 1 aromatic heterocycles. The van der Waals surface area contributed by atoms with Gasteiger partial charge in [-0.1, -0.05) is 17.7 Å². The molecule has 2 heterocycles. The lowest BCUT2D eigenvalue weighted by atomic mass is 9.96. The molecule has 1 aliphatic heterocycles. The number of fused-ring (bicyclic) bond motifs is 1. The molecule has 1 saturated carbocycles. The minimum Gasteiger partial charge on any atom is -0.324 e. The zero-order valence-electron chi connectivity index (χ0n) is 13.7. The van der Waals surface area contributed by atoms with Gasteiger partial charge in [0, 0.05) is 17.5 Å². The van der Waals surface area contributed by atoms with Crippen molar-refractivity contribution in [2.45, 2.75) is 32.2 Å². The van der Waals surface area contributed by atoms with Gasteiger partial charge in [0.15, 0.2) is 0 Å². The summed E-state index contributed by atoms with van der Waals surface area (Å²) in [6.45, 7) is 3.38. The van der Waals surface area contributed by atoms with E-state index >= 15 is 0 Å². The molecule has 2 aliphatic rings. The van der Waals surface area contributed by atoms with Crippen LogP contribution in [0.3, 0.4) is 0 Å². The Balaban J connectivity index is 1.47. The number of benzene rings is 1. The van der Waals surface area contributed by atoms with Gasteiger partial charge in [-0.2, -0.15) is 0 Å². The summed E-state index contributed by atoms with van der Waals surface area (Å²) in [4.78, 5) is 16.4. The highest BCUT2D eigenvalue weighted by Gasteiger charge is 2.40. The molecule has 1 amide bonds. The fraction of sp³-hybridized carbons (Fsp3) is 0.421. The van der Waals surface area contributed by atoms with Crippen molar-refractivity contribution in [3.8, 4) is 0 Å². The van der Waals surface area contributed by atoms with Crippen molar-refractivity contribution in [2.24, 2.45) is 5.92 Å². The summed E-state index contributed by atoms with van der Waals surface area (Å²) in [6, 6.07) is 8.39. The van der Waals surface area contributed by atoms with Crippen LogP contribution in [0.25, 0.3) is 0 Å². The first-order chi connectivity index (χ1) is 11.6. The zero-order chi connectivity index (χ0) is 16.7. The van der Waals surface area contributed by atoms with Crippen molar-refractivity contribution in [3.63, 3.8) is 0 Å². The van der Waals surface area contributed by atoms with E-state index in [1.807, 2.05) is 36.5 Å². The van der Waals surface area contributed by atoms with Gasteiger partial charge in [0.25, 0.3) is 0 Å². The normalized spacial score (nSPS) is 20.7. The number of carbonyl (C=O) groups excluding carboxylic acids is 1. The van der Waals surface area contributed by atoms with Gasteiger partial charge in [-0.15, -0.1) is 11.3 Å². The Hall–Kier alpha value is -1.36. The Morgan fingerprint density at radius 2 is 2.21 bits per heavy atom. The van der Waals surface area contributed by atoms with Gasteiger partial charge in [0.05, 0.1) is 17.3 Å². The van der Waals surface area contributed by atoms with E-state index in [0.29, 0.717) is 23.3 Å². The average molecular weight is 361 g/mol. The lowest BCUT2D eigenvalue weighted by molar-refractivity contribution is -0.118. The van der Waals surface area contributed by atoms with Gasteiger partial charge in [0.1, 0.15) is 0 Å². The minimum absolute atomic E-state index is 0.0186. The number of aryl methyl sites for hydroxylation is 1. The third kappa shape index (κ3) is 3.23. The number of anilines is 1. The predicted octanol–water partition coefficient (Wildman–Crippen LogP) is 4.66. The van der Waals surface area contributed by atoms with E-state index in [-0.39, 0.29) is 5.91 Å². The van der Waals surface area contributed by atoms with Crippen LogP contribution in [-0.4, -0.2) is 23.9 Å². The highest BCUT2D eigenvalue weighted by molar-refractivity contribution is 7.10. The van der Waals surface area contributed by atoms with Gasteiger partial charge >= 0.3 is 0 Å². The maximum atomic E-state index is 12.5. The highest BCUT2D eigenvalue weighted by Crippen LogP contribution is 2.48. The molecule has 0 bridgehead atoms. The molecule has 0 radical (unpaired) electrons. The van der Waals surface area contributed by atoms with Crippen LogP contribution in [0.1, 0.15) is 34.9 Å². The molecule has 4 rings (SSSR count). The Morgan fingerprint density at radius 1 is 1.38 bits per heavy atom. The standard InChI is InChI=1S/C19H21ClN2OS/c1-12-2-5-16(15(20)10-12)21-18(23)11-22-8-6-17-14(7-9-24-17)19(22)13-3-4-13/h2,5,7,9-10,13,19H,3-4,6,8,11H2,1H3,(H,21,23)/t19-/m1/s1. The molecule has 24 heavy (non-hydrogen) atoms. The average Bonchev–Trinajstić information content (AvgIpc) is 3.26. The highest BCUT2D eigenvalue weighted by atomic mass is 35.5. The molecule has 2 aromatic rings. The van der Waals surface area contributed by atoms with Crippen LogP contribution in [0.2, 0.25) is 5.02 Å². The largest absolute Gasteiger partial charge is 0.324 e. The molecular weight excluding hydrogens is 340 g/mol. The van der Waals surface area contributed by atoms with E-state index in [1.54, 1.807) is 0 Å². The van der Waals surface area contributed by atoms with Crippen molar-refractivity contribution in [1.29, 1.82) is 0 Å². The smallest absolute Gasteiger partial charge is 0.238 e. The number of nitrogens with one attached hydrogen (secondary N) is 1. The summed E-state index contributed by atoms with van der Waals surface area (Å²) in [5.74, 6) is 0.736. The van der Waals surface area contributed by atoms with Gasteiger partial charge in [-0.25, -0.2) is 0 Å². The molecule has 1 N–H and O–H groups in total. The van der Waals surface area contributed by atoms with E-state index in [0.717, 1.165) is 24.4 Å². The summed E-state index contributed by atoms with van der Waals surface area (Å²) in [7, 11) is 0. The second-order valence-corrected chi connectivity index (χ2v) is 8.24. The number of hydrogen-bond donors (Lipinski definition) is 1. The molecule has 5 heteroatoms. The molecule has 1 atom stereocenters. The van der Waals surface area contributed by atoms with Gasteiger partial charge in [-0.05, 0) is 66.8 Å². The van der Waals surface area contributed by atoms with E-state index in [4.69, 9.17) is 11.6 Å². The van der Waals surface area contributed by atoms with E-state index in [1.165, 1.54) is 23.3 Å². The minimum atomic E-state index is 0.0186. The van der Waals surface area contributed by atoms with E-state index in [9.17, 15) is 4.79 Å². The zero-order valence-corrected chi connectivity index (χ0v) is 15.3. The van der Waals surface area contributed by atoms with Crippen molar-refractivity contribution < 1.29 is 4.79 Å². The third-order valence-electron chi connectivity index (χ3n) is 4.93. The molecule has 1 fully saturated rings. The summed E-state index contributed by atoms with van der Waals surface area (Å²) in [5.41, 5.74) is 3.24. The third-order valence-corrected chi connectivity index (χ3v) is 6.24. The Labute approximate surface area is 151 Å². The fourth-order valence-corrected chi connectivity index (χ4v) is 4.83. The number of carbonyl (C=O) groups is 1. The van der Waals surface area contributed by atoms with Crippen molar-refractivity contribution in [2.75, 3.05) is 18.4 Å². The summed E-state index contributed by atoms with van der Waals surface area (Å²) < 4.78 is 0. The van der Waals surface area contributed by atoms with E-state index < -0.39 is 0 Å². The predicted molar refractivity (Wildman–Crippen MR) is 99.9 cm³/mol. The number of rotatable bonds is 4. The van der Waals surface area contributed by atoms with Crippen LogP contribution in [0.4, 0.5) is 5.69 Å². The molecule has 0 spiro atoms. The van der Waals surface area contributed by atoms with Crippen molar-refractivity contribution in [1.82, 2.24) is 4.90 Å². The Kier molecular flexibility index (Phi) is 4.37. The van der Waals surface area contributed by atoms with Crippen LogP contribution in [0, 0.1) is 12.8 Å². The maximum absolute atomic E-state index is 12.5. The lowest BCUT2D eigenvalue weighted by Gasteiger charge is -2.35. The topological polar surface area (TPSA) is 32.3 Å². The number of nitrogens with zero attached hydrogens (tertiary/aromatic N) is 1. The summed E-state index contributed by atoms with van der Waals surface area (Å²) in [6.07, 6.45) is 3.61. The first-order valence-corrected chi connectivity index (χ1v) is 9.74. The molecule has 0 unspecified atom stereocenters. The SMILES string of the molecule is Cc1ccc(NC(=O)CN2CCc3sccc3[C@H]2C2CC2)c(Cl)c1. The van der Waals surface area contributed by atoms with E-state index in [2.05, 4.69) is 21.7 Å². The Morgan fingerprint density at radius 3 is 2.96 bits per heavy atom. The summed E-state index contributed by atoms with van der Waals surface area (Å²) >= 11 is 8.09. The molecule has 3 nitrogen and oxygen atoms in total. The molecular formula is C19H21ClN2OS. The molecule has 1 aromatic carbocycles. The van der Waals surface area contributed by atoms with Gasteiger partial charge in [0.2, 0.25) is 5.91 Å². The fourth-order valence-electron chi connectivity index (χ4n) is 3.64. The first kappa shape index (κ1) is 16.1. The molecule has 0 saturated heterocycles. The Bertz CT molecular complexity index is 768. The van der Waals surface area contributed by atoms with Crippen LogP contribution in [0.15, 0.2) is 29.6 Å². The van der Waals surface area contributed by atoms with Crippen LogP contribution >= 0.6 is 22.9 Å². The number of halogens is 1. The maximum Gasteiger partial charge on any atom is 0.238 e. The number of thiophene rings is 1. The first-order valence-electron chi connectivity index (χ1n) is 8.48. The van der Waals surface area contributed by atoms with Gasteiger partial charge in [-0.3, -0.25) is 9.69 Å². The van der Waals surface area contributed by atoms with Gasteiger partial charge < -0.3 is 5.32 Å². The number of hydrogen-bond acceptors (Lipinski definition) is 3. The molecule has 1 aliphatic carbocycles. The lowest BCUT2D eigenvalue weighted by Crippen LogP contribution is -2.41. The summed E-state index contributed by atoms with van der Waals surface area (Å²) in [5, 5.41) is 5.76. The second kappa shape index (κ2) is 6.51. The van der Waals surface area contributed by atoms with Crippen LogP contribution < -0.4 is 5.32 Å².